The van der Waals surface area contributed by atoms with Crippen molar-refractivity contribution in [1.82, 2.24) is 15.5 Å². The highest BCUT2D eigenvalue weighted by atomic mass is 16.6. The van der Waals surface area contributed by atoms with Gasteiger partial charge in [0.1, 0.15) is 11.6 Å². The molecule has 0 aromatic heterocycles. The van der Waals surface area contributed by atoms with Crippen LogP contribution in [0.4, 0.5) is 4.79 Å². The number of likely N-dealkylation sites (tertiary alicyclic amines) is 1. The highest BCUT2D eigenvalue weighted by molar-refractivity contribution is 5.86. The Balaban J connectivity index is 2.61. The average molecular weight is 352 g/mol. The number of nitriles is 1. The zero-order chi connectivity index (χ0) is 18.9. The topological polar surface area (TPSA) is 133 Å². The van der Waals surface area contributed by atoms with Gasteiger partial charge in [-0.15, -0.1) is 0 Å². The molecule has 25 heavy (non-hydrogen) atoms. The highest BCUT2D eigenvalue weighted by Gasteiger charge is 2.29. The molecule has 9 nitrogen and oxygen atoms in total. The minimum absolute atomic E-state index is 0.0324. The summed E-state index contributed by atoms with van der Waals surface area (Å²) in [6, 6.07) is -0.659. The van der Waals surface area contributed by atoms with Crippen molar-refractivity contribution in [3.8, 4) is 6.19 Å². The second-order valence-electron chi connectivity index (χ2n) is 6.88. The fourth-order valence-electron chi connectivity index (χ4n) is 2.46. The average Bonchev–Trinajstić information content (AvgIpc) is 3.02. The summed E-state index contributed by atoms with van der Waals surface area (Å²) in [7, 11) is 0. The molecule has 0 radical (unpaired) electrons. The van der Waals surface area contributed by atoms with Crippen molar-refractivity contribution < 1.29 is 14.3 Å². The molecule has 140 valence electrons. The van der Waals surface area contributed by atoms with E-state index in [4.69, 9.17) is 15.7 Å². The minimum Gasteiger partial charge on any atom is -0.444 e. The van der Waals surface area contributed by atoms with E-state index in [-0.39, 0.29) is 11.9 Å². The van der Waals surface area contributed by atoms with Gasteiger partial charge in [-0.1, -0.05) is 0 Å². The van der Waals surface area contributed by atoms with Crippen LogP contribution in [0.25, 0.3) is 0 Å². The summed E-state index contributed by atoms with van der Waals surface area (Å²) in [6.45, 7) is 7.07. The molecule has 1 fully saturated rings. The molecule has 2 amide bonds. The maximum absolute atomic E-state index is 12.6. The lowest BCUT2D eigenvalue weighted by Crippen LogP contribution is -2.49. The van der Waals surface area contributed by atoms with Gasteiger partial charge >= 0.3 is 6.09 Å². The quantitative estimate of drug-likeness (QED) is 0.211. The van der Waals surface area contributed by atoms with Crippen molar-refractivity contribution in [1.29, 1.82) is 5.26 Å². The van der Waals surface area contributed by atoms with Crippen LogP contribution in [0.2, 0.25) is 0 Å². The number of hydrogen-bond donors (Lipinski definition) is 3. The van der Waals surface area contributed by atoms with Gasteiger partial charge in [0, 0.05) is 19.6 Å². The molecule has 1 aliphatic rings. The largest absolute Gasteiger partial charge is 0.444 e. The summed E-state index contributed by atoms with van der Waals surface area (Å²) >= 11 is 0. The number of guanidine groups is 1. The lowest BCUT2D eigenvalue weighted by molar-refractivity contribution is -0.132. The number of aliphatic imine (C=N–C) groups is 1. The third-order valence-corrected chi connectivity index (χ3v) is 3.52. The molecule has 1 heterocycles. The first-order valence-corrected chi connectivity index (χ1v) is 8.46. The number of nitrogens with one attached hydrogen (secondary N) is 2. The molecule has 1 aliphatic heterocycles. The lowest BCUT2D eigenvalue weighted by atomic mass is 10.1. The number of nitrogens with two attached hydrogens (primary N) is 1. The molecule has 4 N–H and O–H groups in total. The van der Waals surface area contributed by atoms with Gasteiger partial charge < -0.3 is 20.7 Å². The van der Waals surface area contributed by atoms with Gasteiger partial charge in [0.25, 0.3) is 0 Å². The van der Waals surface area contributed by atoms with Gasteiger partial charge in [-0.25, -0.2) is 4.79 Å². The number of amides is 2. The van der Waals surface area contributed by atoms with E-state index in [1.165, 1.54) is 0 Å². The van der Waals surface area contributed by atoms with Gasteiger partial charge in [-0.05, 0) is 46.5 Å². The molecule has 1 atom stereocenters. The number of rotatable bonds is 6. The molecule has 0 bridgehead atoms. The van der Waals surface area contributed by atoms with Crippen LogP contribution in [0.1, 0.15) is 46.5 Å². The SMILES string of the molecule is CC(C)(C)OC(=O)N[C@@H](CCCN=C(N)NC#N)C(=O)N1CCCC1. The Morgan fingerprint density at radius 3 is 2.56 bits per heavy atom. The maximum Gasteiger partial charge on any atom is 0.408 e. The lowest BCUT2D eigenvalue weighted by Gasteiger charge is -2.26. The molecule has 0 saturated carbocycles. The molecule has 9 heteroatoms. The Bertz CT molecular complexity index is 529. The monoisotopic (exact) mass is 352 g/mol. The van der Waals surface area contributed by atoms with Crippen molar-refractivity contribution in [2.45, 2.75) is 58.1 Å². The molecule has 0 spiro atoms. The van der Waals surface area contributed by atoms with E-state index in [1.807, 2.05) is 0 Å². The molecule has 0 aromatic rings. The number of carbonyl (C=O) groups excluding carboxylic acids is 2. The Morgan fingerprint density at radius 2 is 2.00 bits per heavy atom. The Labute approximate surface area is 148 Å². The zero-order valence-electron chi connectivity index (χ0n) is 15.2. The second-order valence-corrected chi connectivity index (χ2v) is 6.88. The van der Waals surface area contributed by atoms with Crippen molar-refractivity contribution in [3.63, 3.8) is 0 Å². The number of alkyl carbamates (subject to hydrolysis) is 1. The fraction of sp³-hybridized carbons (Fsp3) is 0.750. The summed E-state index contributed by atoms with van der Waals surface area (Å²) in [5, 5.41) is 13.3. The van der Waals surface area contributed by atoms with Crippen molar-refractivity contribution in [2.75, 3.05) is 19.6 Å². The second kappa shape index (κ2) is 9.71. The minimum atomic E-state index is -0.659. The normalized spacial score (nSPS) is 16.1. The first kappa shape index (κ1) is 20.5. The fourth-order valence-corrected chi connectivity index (χ4v) is 2.46. The van der Waals surface area contributed by atoms with E-state index >= 15 is 0 Å². The van der Waals surface area contributed by atoms with Gasteiger partial charge in [-0.2, -0.15) is 5.26 Å². The van der Waals surface area contributed by atoms with Crippen molar-refractivity contribution >= 4 is 18.0 Å². The van der Waals surface area contributed by atoms with E-state index in [0.29, 0.717) is 32.5 Å². The smallest absolute Gasteiger partial charge is 0.408 e. The van der Waals surface area contributed by atoms with Gasteiger partial charge in [0.2, 0.25) is 11.9 Å². The molecule has 0 aromatic carbocycles. The Morgan fingerprint density at radius 1 is 1.36 bits per heavy atom. The van der Waals surface area contributed by atoms with Crippen LogP contribution in [0.5, 0.6) is 0 Å². The third-order valence-electron chi connectivity index (χ3n) is 3.52. The van der Waals surface area contributed by atoms with Crippen LogP contribution in [0.3, 0.4) is 0 Å². The van der Waals surface area contributed by atoms with Crippen molar-refractivity contribution in [3.05, 3.63) is 0 Å². The molecule has 0 unspecified atom stereocenters. The summed E-state index contributed by atoms with van der Waals surface area (Å²) in [5.41, 5.74) is 4.83. The summed E-state index contributed by atoms with van der Waals surface area (Å²) in [4.78, 5) is 30.4. The molecular formula is C16H28N6O3. The molecule has 0 aliphatic carbocycles. The zero-order valence-corrected chi connectivity index (χ0v) is 15.2. The number of ether oxygens (including phenoxy) is 1. The Hall–Kier alpha value is -2.50. The van der Waals surface area contributed by atoms with Crippen LogP contribution >= 0.6 is 0 Å². The van der Waals surface area contributed by atoms with Gasteiger partial charge in [0.15, 0.2) is 6.19 Å². The predicted octanol–water partition coefficient (Wildman–Crippen LogP) is 0.668. The van der Waals surface area contributed by atoms with E-state index < -0.39 is 17.7 Å². The van der Waals surface area contributed by atoms with Crippen LogP contribution < -0.4 is 16.4 Å². The van der Waals surface area contributed by atoms with E-state index in [0.717, 1.165) is 12.8 Å². The van der Waals surface area contributed by atoms with Crippen LogP contribution in [-0.2, 0) is 9.53 Å². The maximum atomic E-state index is 12.6. The number of hydrogen-bond acceptors (Lipinski definition) is 5. The standard InChI is InChI=1S/C16H28N6O3/c1-16(2,3)25-15(24)21-12(13(23)22-9-4-5-10-22)7-6-8-19-14(18)20-11-17/h12H,4-10H2,1-3H3,(H,21,24)(H3,18,19,20)/t12-/m0/s1. The molecule has 1 rings (SSSR count). The van der Waals surface area contributed by atoms with E-state index in [1.54, 1.807) is 31.9 Å². The number of nitrogens with zero attached hydrogens (tertiary/aromatic N) is 3. The van der Waals surface area contributed by atoms with Gasteiger partial charge in [0.05, 0.1) is 0 Å². The Kier molecular flexibility index (Phi) is 7.98. The first-order chi connectivity index (χ1) is 11.7. The van der Waals surface area contributed by atoms with Crippen molar-refractivity contribution in [2.24, 2.45) is 10.7 Å². The first-order valence-electron chi connectivity index (χ1n) is 8.46. The predicted molar refractivity (Wildman–Crippen MR) is 93.4 cm³/mol. The summed E-state index contributed by atoms with van der Waals surface area (Å²) in [5.74, 6) is -0.0690. The van der Waals surface area contributed by atoms with Crippen LogP contribution in [0.15, 0.2) is 4.99 Å². The molecular weight excluding hydrogens is 324 g/mol. The van der Waals surface area contributed by atoms with Crippen LogP contribution in [-0.4, -0.2) is 54.1 Å². The van der Waals surface area contributed by atoms with E-state index in [9.17, 15) is 9.59 Å². The van der Waals surface area contributed by atoms with Crippen LogP contribution in [0, 0.1) is 11.5 Å². The van der Waals surface area contributed by atoms with E-state index in [2.05, 4.69) is 15.6 Å². The highest BCUT2D eigenvalue weighted by Crippen LogP contribution is 2.13. The van der Waals surface area contributed by atoms with Gasteiger partial charge in [-0.3, -0.25) is 15.1 Å². The number of carbonyl (C=O) groups is 2. The summed E-state index contributed by atoms with van der Waals surface area (Å²) in [6.07, 6.45) is 3.97. The third kappa shape index (κ3) is 8.24. The summed E-state index contributed by atoms with van der Waals surface area (Å²) < 4.78 is 5.24. The molecule has 1 saturated heterocycles.